The fourth-order valence-electron chi connectivity index (χ4n) is 2.72. The summed E-state index contributed by atoms with van der Waals surface area (Å²) in [6, 6.07) is 0.466. The van der Waals surface area contributed by atoms with Crippen LogP contribution in [0.15, 0.2) is 0 Å². The van der Waals surface area contributed by atoms with Crippen molar-refractivity contribution in [1.29, 1.82) is 0 Å². The number of carbonyl (C=O) groups is 1. The van der Waals surface area contributed by atoms with Gasteiger partial charge in [-0.3, -0.25) is 4.79 Å². The van der Waals surface area contributed by atoms with Gasteiger partial charge in [0.2, 0.25) is 5.91 Å². The van der Waals surface area contributed by atoms with Crippen LogP contribution in [-0.4, -0.2) is 36.5 Å². The third-order valence-electron chi connectivity index (χ3n) is 3.73. The SMILES string of the molecule is C[C@@H]1CCCCN1C(=O)[C@H]1CCCNC1. The van der Waals surface area contributed by atoms with Gasteiger partial charge in [-0.15, -0.1) is 0 Å². The van der Waals surface area contributed by atoms with E-state index in [2.05, 4.69) is 17.1 Å². The molecule has 1 N–H and O–H groups in total. The Morgan fingerprint density at radius 2 is 2.13 bits per heavy atom. The van der Waals surface area contributed by atoms with Gasteiger partial charge >= 0.3 is 0 Å². The van der Waals surface area contributed by atoms with E-state index < -0.39 is 0 Å². The molecule has 2 fully saturated rings. The molecule has 86 valence electrons. The van der Waals surface area contributed by atoms with Crippen LogP contribution in [0.3, 0.4) is 0 Å². The highest BCUT2D eigenvalue weighted by molar-refractivity contribution is 5.79. The predicted octanol–water partition coefficient (Wildman–Crippen LogP) is 1.39. The zero-order valence-electron chi connectivity index (χ0n) is 9.67. The van der Waals surface area contributed by atoms with Gasteiger partial charge in [-0.25, -0.2) is 0 Å². The molecule has 2 atom stereocenters. The van der Waals surface area contributed by atoms with E-state index in [0.29, 0.717) is 11.9 Å². The Kier molecular flexibility index (Phi) is 3.62. The minimum Gasteiger partial charge on any atom is -0.340 e. The first kappa shape index (κ1) is 10.9. The van der Waals surface area contributed by atoms with Crippen molar-refractivity contribution in [1.82, 2.24) is 10.2 Å². The molecule has 0 bridgehead atoms. The molecule has 2 aliphatic heterocycles. The van der Waals surface area contributed by atoms with Gasteiger partial charge in [0, 0.05) is 19.1 Å². The van der Waals surface area contributed by atoms with Crippen LogP contribution in [0.4, 0.5) is 0 Å². The Morgan fingerprint density at radius 1 is 1.27 bits per heavy atom. The average Bonchev–Trinajstić information content (AvgIpc) is 2.30. The van der Waals surface area contributed by atoms with Gasteiger partial charge in [-0.1, -0.05) is 0 Å². The number of amides is 1. The fourth-order valence-corrected chi connectivity index (χ4v) is 2.72. The molecule has 1 amide bonds. The molecular weight excluding hydrogens is 188 g/mol. The highest BCUT2D eigenvalue weighted by Crippen LogP contribution is 2.21. The van der Waals surface area contributed by atoms with Crippen molar-refractivity contribution in [2.24, 2.45) is 5.92 Å². The van der Waals surface area contributed by atoms with Gasteiger partial charge in [-0.2, -0.15) is 0 Å². The van der Waals surface area contributed by atoms with E-state index in [9.17, 15) is 4.79 Å². The normalized spacial score (nSPS) is 32.7. The Balaban J connectivity index is 1.92. The van der Waals surface area contributed by atoms with Crippen LogP contribution in [0.5, 0.6) is 0 Å². The number of hydrogen-bond acceptors (Lipinski definition) is 2. The van der Waals surface area contributed by atoms with Crippen LogP contribution in [0.2, 0.25) is 0 Å². The molecule has 0 spiro atoms. The second-order valence-corrected chi connectivity index (χ2v) is 4.92. The Bertz CT molecular complexity index is 224. The van der Waals surface area contributed by atoms with Gasteiger partial charge in [0.25, 0.3) is 0 Å². The predicted molar refractivity (Wildman–Crippen MR) is 60.6 cm³/mol. The number of nitrogens with zero attached hydrogens (tertiary/aromatic N) is 1. The second-order valence-electron chi connectivity index (χ2n) is 4.92. The molecule has 15 heavy (non-hydrogen) atoms. The van der Waals surface area contributed by atoms with Gasteiger partial charge in [-0.05, 0) is 45.6 Å². The first-order chi connectivity index (χ1) is 7.29. The summed E-state index contributed by atoms with van der Waals surface area (Å²) < 4.78 is 0. The average molecular weight is 210 g/mol. The van der Waals surface area contributed by atoms with E-state index in [-0.39, 0.29) is 5.92 Å². The smallest absolute Gasteiger partial charge is 0.227 e. The third kappa shape index (κ3) is 2.51. The molecule has 3 nitrogen and oxygen atoms in total. The van der Waals surface area contributed by atoms with Crippen molar-refractivity contribution in [3.05, 3.63) is 0 Å². The quantitative estimate of drug-likeness (QED) is 0.709. The summed E-state index contributed by atoms with van der Waals surface area (Å²) >= 11 is 0. The molecule has 2 rings (SSSR count). The van der Waals surface area contributed by atoms with Crippen molar-refractivity contribution in [3.63, 3.8) is 0 Å². The summed E-state index contributed by atoms with van der Waals surface area (Å²) in [7, 11) is 0. The van der Waals surface area contributed by atoms with Gasteiger partial charge in [0.1, 0.15) is 0 Å². The summed E-state index contributed by atoms with van der Waals surface area (Å²) in [5, 5.41) is 3.32. The number of likely N-dealkylation sites (tertiary alicyclic amines) is 1. The molecule has 2 saturated heterocycles. The van der Waals surface area contributed by atoms with Crippen LogP contribution in [0.25, 0.3) is 0 Å². The number of carbonyl (C=O) groups excluding carboxylic acids is 1. The van der Waals surface area contributed by atoms with E-state index in [4.69, 9.17) is 0 Å². The zero-order valence-corrected chi connectivity index (χ0v) is 9.67. The first-order valence-electron chi connectivity index (χ1n) is 6.30. The molecule has 2 heterocycles. The number of piperidine rings is 2. The molecule has 0 aromatic carbocycles. The van der Waals surface area contributed by atoms with Gasteiger partial charge < -0.3 is 10.2 Å². The fraction of sp³-hybridized carbons (Fsp3) is 0.917. The largest absolute Gasteiger partial charge is 0.340 e. The lowest BCUT2D eigenvalue weighted by atomic mass is 9.95. The Hall–Kier alpha value is -0.570. The van der Waals surface area contributed by atoms with E-state index in [1.165, 1.54) is 19.3 Å². The Morgan fingerprint density at radius 3 is 2.80 bits per heavy atom. The molecule has 0 saturated carbocycles. The number of nitrogens with one attached hydrogen (secondary N) is 1. The van der Waals surface area contributed by atoms with E-state index in [1.807, 2.05) is 0 Å². The minimum absolute atomic E-state index is 0.249. The number of rotatable bonds is 1. The summed E-state index contributed by atoms with van der Waals surface area (Å²) in [5.74, 6) is 0.647. The first-order valence-corrected chi connectivity index (χ1v) is 6.30. The maximum Gasteiger partial charge on any atom is 0.227 e. The molecule has 0 aromatic heterocycles. The molecule has 0 radical (unpaired) electrons. The van der Waals surface area contributed by atoms with Gasteiger partial charge in [0.15, 0.2) is 0 Å². The van der Waals surface area contributed by atoms with Gasteiger partial charge in [0.05, 0.1) is 5.92 Å². The lowest BCUT2D eigenvalue weighted by Crippen LogP contribution is -2.48. The second kappa shape index (κ2) is 4.97. The lowest BCUT2D eigenvalue weighted by molar-refractivity contribution is -0.139. The number of hydrogen-bond donors (Lipinski definition) is 1. The van der Waals surface area contributed by atoms with Crippen molar-refractivity contribution in [2.45, 2.75) is 45.1 Å². The van der Waals surface area contributed by atoms with E-state index in [0.717, 1.165) is 32.5 Å². The van der Waals surface area contributed by atoms with Crippen LogP contribution in [0, 0.1) is 5.92 Å². The van der Waals surface area contributed by atoms with E-state index in [1.54, 1.807) is 0 Å². The third-order valence-corrected chi connectivity index (χ3v) is 3.73. The topological polar surface area (TPSA) is 32.3 Å². The molecule has 0 aliphatic carbocycles. The molecule has 3 heteroatoms. The summed E-state index contributed by atoms with van der Waals surface area (Å²) in [5.41, 5.74) is 0. The zero-order chi connectivity index (χ0) is 10.7. The summed E-state index contributed by atoms with van der Waals surface area (Å²) in [6.07, 6.45) is 5.89. The lowest BCUT2D eigenvalue weighted by Gasteiger charge is -2.37. The van der Waals surface area contributed by atoms with Crippen LogP contribution in [0.1, 0.15) is 39.0 Å². The van der Waals surface area contributed by atoms with E-state index >= 15 is 0 Å². The van der Waals surface area contributed by atoms with Crippen molar-refractivity contribution in [2.75, 3.05) is 19.6 Å². The standard InChI is InChI=1S/C12H22N2O/c1-10-5-2-3-8-14(10)12(15)11-6-4-7-13-9-11/h10-11,13H,2-9H2,1H3/t10-,11+/m1/s1. The minimum atomic E-state index is 0.249. The monoisotopic (exact) mass is 210 g/mol. The molecule has 2 aliphatic rings. The van der Waals surface area contributed by atoms with Crippen LogP contribution >= 0.6 is 0 Å². The van der Waals surface area contributed by atoms with Crippen LogP contribution in [-0.2, 0) is 4.79 Å². The maximum atomic E-state index is 12.2. The van der Waals surface area contributed by atoms with Crippen molar-refractivity contribution >= 4 is 5.91 Å². The highest BCUT2D eigenvalue weighted by atomic mass is 16.2. The molecule has 0 aromatic rings. The Labute approximate surface area is 92.2 Å². The highest BCUT2D eigenvalue weighted by Gasteiger charge is 2.29. The molecule has 0 unspecified atom stereocenters. The van der Waals surface area contributed by atoms with Crippen LogP contribution < -0.4 is 5.32 Å². The summed E-state index contributed by atoms with van der Waals surface area (Å²) in [6.45, 7) is 5.14. The maximum absolute atomic E-state index is 12.2. The van der Waals surface area contributed by atoms with Crippen molar-refractivity contribution in [3.8, 4) is 0 Å². The van der Waals surface area contributed by atoms with Crippen molar-refractivity contribution < 1.29 is 4.79 Å². The summed E-state index contributed by atoms with van der Waals surface area (Å²) in [4.78, 5) is 14.4. The molecular formula is C12H22N2O.